The number of hydrogen-bond acceptors (Lipinski definition) is 4. The van der Waals surface area contributed by atoms with Crippen LogP contribution in [0.25, 0.3) is 0 Å². The lowest BCUT2D eigenvalue weighted by atomic mass is 9.74. The lowest BCUT2D eigenvalue weighted by Crippen LogP contribution is -2.46. The van der Waals surface area contributed by atoms with Gasteiger partial charge in [0.1, 0.15) is 0 Å². The normalized spacial score (nSPS) is 37.1. The van der Waals surface area contributed by atoms with Crippen LogP contribution in [0.4, 0.5) is 0 Å². The second kappa shape index (κ2) is 6.12. The van der Waals surface area contributed by atoms with Crippen molar-refractivity contribution in [3.63, 3.8) is 0 Å². The number of carbonyl (C=O) groups excluding carboxylic acids is 1. The Bertz CT molecular complexity index is 346. The fraction of sp³-hybridized carbons (Fsp3) is 0.938. The van der Waals surface area contributed by atoms with Crippen molar-refractivity contribution >= 4 is 5.78 Å². The van der Waals surface area contributed by atoms with Crippen molar-refractivity contribution in [1.82, 2.24) is 5.32 Å². The van der Waals surface area contributed by atoms with Crippen molar-refractivity contribution in [2.24, 2.45) is 5.92 Å². The van der Waals surface area contributed by atoms with E-state index < -0.39 is 0 Å². The molecule has 0 bridgehead atoms. The molecule has 2 heterocycles. The fourth-order valence-corrected chi connectivity index (χ4v) is 4.20. The Hall–Kier alpha value is -0.450. The van der Waals surface area contributed by atoms with Crippen molar-refractivity contribution in [3.05, 3.63) is 0 Å². The Labute approximate surface area is 121 Å². The Morgan fingerprint density at radius 3 is 2.80 bits per heavy atom. The highest BCUT2D eigenvalue weighted by Crippen LogP contribution is 2.41. The molecule has 20 heavy (non-hydrogen) atoms. The largest absolute Gasteiger partial charge is 0.380 e. The molecule has 0 radical (unpaired) electrons. The second-order valence-electron chi connectivity index (χ2n) is 6.74. The molecule has 1 spiro atoms. The number of nitrogens with one attached hydrogen (secondary N) is 1. The summed E-state index contributed by atoms with van der Waals surface area (Å²) in [6, 6.07) is 0.00342. The zero-order chi connectivity index (χ0) is 14.0. The third kappa shape index (κ3) is 2.92. The molecule has 3 unspecified atom stereocenters. The Balaban J connectivity index is 1.60. The second-order valence-corrected chi connectivity index (χ2v) is 6.74. The monoisotopic (exact) mass is 281 g/mol. The maximum atomic E-state index is 12.7. The number of rotatable bonds is 3. The van der Waals surface area contributed by atoms with Crippen LogP contribution in [-0.4, -0.2) is 43.8 Å². The molecule has 3 aliphatic rings. The number of Topliss-reactive ketones (excluding diaryl/α,β-unsaturated/α-hetero) is 1. The van der Waals surface area contributed by atoms with Gasteiger partial charge in [0.15, 0.2) is 5.78 Å². The van der Waals surface area contributed by atoms with Crippen LogP contribution >= 0.6 is 0 Å². The van der Waals surface area contributed by atoms with E-state index in [4.69, 9.17) is 9.47 Å². The van der Waals surface area contributed by atoms with Crippen LogP contribution < -0.4 is 5.32 Å². The molecular weight excluding hydrogens is 254 g/mol. The standard InChI is InChI=1S/C16H27NO3/c1-19-13-9-14(17-11-13)15(18)12-5-8-20-16(10-12)6-3-2-4-7-16/h12-14,17H,2-11H2,1H3. The minimum absolute atomic E-state index is 0.00342. The van der Waals surface area contributed by atoms with E-state index in [2.05, 4.69) is 5.32 Å². The molecule has 1 saturated carbocycles. The molecule has 0 aromatic carbocycles. The first kappa shape index (κ1) is 14.5. The van der Waals surface area contributed by atoms with Gasteiger partial charge >= 0.3 is 0 Å². The van der Waals surface area contributed by atoms with Gasteiger partial charge in [0.25, 0.3) is 0 Å². The van der Waals surface area contributed by atoms with Crippen LogP contribution in [0.5, 0.6) is 0 Å². The zero-order valence-electron chi connectivity index (χ0n) is 12.5. The van der Waals surface area contributed by atoms with Gasteiger partial charge in [0, 0.05) is 26.2 Å². The molecule has 0 amide bonds. The average Bonchev–Trinajstić information content (AvgIpc) is 2.96. The van der Waals surface area contributed by atoms with Crippen LogP contribution in [0.15, 0.2) is 0 Å². The van der Waals surface area contributed by atoms with Crippen LogP contribution in [0, 0.1) is 5.92 Å². The van der Waals surface area contributed by atoms with Crippen LogP contribution in [0.2, 0.25) is 0 Å². The van der Waals surface area contributed by atoms with Gasteiger partial charge in [-0.05, 0) is 32.1 Å². The van der Waals surface area contributed by atoms with Crippen LogP contribution in [-0.2, 0) is 14.3 Å². The number of ketones is 1. The maximum Gasteiger partial charge on any atom is 0.153 e. The van der Waals surface area contributed by atoms with Gasteiger partial charge in [0.2, 0.25) is 0 Å². The predicted molar refractivity (Wildman–Crippen MR) is 76.7 cm³/mol. The van der Waals surface area contributed by atoms with E-state index in [1.54, 1.807) is 7.11 Å². The van der Waals surface area contributed by atoms with Crippen LogP contribution in [0.1, 0.15) is 51.4 Å². The summed E-state index contributed by atoms with van der Waals surface area (Å²) in [4.78, 5) is 12.7. The Morgan fingerprint density at radius 1 is 1.30 bits per heavy atom. The number of ether oxygens (including phenoxy) is 2. The van der Waals surface area contributed by atoms with Crippen molar-refractivity contribution in [2.45, 2.75) is 69.1 Å². The van der Waals surface area contributed by atoms with Crippen LogP contribution in [0.3, 0.4) is 0 Å². The summed E-state index contributed by atoms with van der Waals surface area (Å²) in [6.45, 7) is 1.57. The Morgan fingerprint density at radius 2 is 2.10 bits per heavy atom. The van der Waals surface area contributed by atoms with Crippen molar-refractivity contribution < 1.29 is 14.3 Å². The van der Waals surface area contributed by atoms with E-state index in [0.717, 1.165) is 45.3 Å². The van der Waals surface area contributed by atoms with Gasteiger partial charge in [-0.15, -0.1) is 0 Å². The highest BCUT2D eigenvalue weighted by atomic mass is 16.5. The van der Waals surface area contributed by atoms with E-state index in [-0.39, 0.29) is 23.7 Å². The van der Waals surface area contributed by atoms with Gasteiger partial charge in [-0.2, -0.15) is 0 Å². The highest BCUT2D eigenvalue weighted by Gasteiger charge is 2.43. The number of carbonyl (C=O) groups is 1. The molecule has 3 rings (SSSR count). The third-order valence-electron chi connectivity index (χ3n) is 5.43. The molecule has 0 aromatic heterocycles. The van der Waals surface area contributed by atoms with E-state index in [1.807, 2.05) is 0 Å². The highest BCUT2D eigenvalue weighted by molar-refractivity contribution is 5.86. The van der Waals surface area contributed by atoms with Crippen molar-refractivity contribution in [3.8, 4) is 0 Å². The molecular formula is C16H27NO3. The van der Waals surface area contributed by atoms with E-state index >= 15 is 0 Å². The van der Waals surface area contributed by atoms with E-state index in [0.29, 0.717) is 5.78 Å². The third-order valence-corrected chi connectivity index (χ3v) is 5.43. The summed E-state index contributed by atoms with van der Waals surface area (Å²) in [7, 11) is 1.73. The molecule has 1 aliphatic carbocycles. The number of methoxy groups -OCH3 is 1. The van der Waals surface area contributed by atoms with Crippen molar-refractivity contribution in [2.75, 3.05) is 20.3 Å². The minimum atomic E-state index is 0.00342. The zero-order valence-corrected chi connectivity index (χ0v) is 12.5. The molecule has 114 valence electrons. The topological polar surface area (TPSA) is 47.6 Å². The van der Waals surface area contributed by atoms with Gasteiger partial charge in [-0.1, -0.05) is 19.3 Å². The van der Waals surface area contributed by atoms with Gasteiger partial charge in [0.05, 0.1) is 17.7 Å². The summed E-state index contributed by atoms with van der Waals surface area (Å²) in [5.41, 5.74) is 0.0239. The molecule has 3 fully saturated rings. The smallest absolute Gasteiger partial charge is 0.153 e. The minimum Gasteiger partial charge on any atom is -0.380 e. The van der Waals surface area contributed by atoms with E-state index in [9.17, 15) is 4.79 Å². The maximum absolute atomic E-state index is 12.7. The first-order valence-electron chi connectivity index (χ1n) is 8.16. The molecule has 3 atom stereocenters. The average molecular weight is 281 g/mol. The fourth-order valence-electron chi connectivity index (χ4n) is 4.20. The predicted octanol–water partition coefficient (Wildman–Crippen LogP) is 2.06. The molecule has 2 aliphatic heterocycles. The number of hydrogen-bond donors (Lipinski definition) is 1. The van der Waals surface area contributed by atoms with Gasteiger partial charge in [-0.25, -0.2) is 0 Å². The van der Waals surface area contributed by atoms with Gasteiger partial charge in [-0.3, -0.25) is 4.79 Å². The Kier molecular flexibility index (Phi) is 4.43. The molecule has 0 aromatic rings. The summed E-state index contributed by atoms with van der Waals surface area (Å²) >= 11 is 0. The summed E-state index contributed by atoms with van der Waals surface area (Å²) in [5, 5.41) is 3.33. The molecule has 1 N–H and O–H groups in total. The quantitative estimate of drug-likeness (QED) is 0.860. The summed E-state index contributed by atoms with van der Waals surface area (Å²) < 4.78 is 11.4. The summed E-state index contributed by atoms with van der Waals surface area (Å²) in [6.07, 6.45) is 9.02. The first-order valence-corrected chi connectivity index (χ1v) is 8.16. The van der Waals surface area contributed by atoms with E-state index in [1.165, 1.54) is 19.3 Å². The molecule has 2 saturated heterocycles. The van der Waals surface area contributed by atoms with Crippen molar-refractivity contribution in [1.29, 1.82) is 0 Å². The first-order chi connectivity index (χ1) is 9.72. The van der Waals surface area contributed by atoms with Gasteiger partial charge < -0.3 is 14.8 Å². The lowest BCUT2D eigenvalue weighted by molar-refractivity contribution is -0.144. The SMILES string of the molecule is COC1CNC(C(=O)C2CCOC3(CCCCC3)C2)C1. The lowest BCUT2D eigenvalue weighted by Gasteiger charge is -2.43. The molecule has 4 heteroatoms. The summed E-state index contributed by atoms with van der Waals surface area (Å²) in [5.74, 6) is 0.591. The molecule has 4 nitrogen and oxygen atoms in total.